The normalized spacial score (nSPS) is 18.8. The number of aromatic nitrogens is 3. The Labute approximate surface area is 140 Å². The number of aromatic amines is 1. The van der Waals surface area contributed by atoms with Gasteiger partial charge in [0.2, 0.25) is 5.76 Å². The zero-order valence-electron chi connectivity index (χ0n) is 13.7. The second-order valence-electron chi connectivity index (χ2n) is 5.97. The summed E-state index contributed by atoms with van der Waals surface area (Å²) in [5, 5.41) is 10.5. The number of rotatable bonds is 4. The Morgan fingerprint density at radius 2 is 2.25 bits per heavy atom. The van der Waals surface area contributed by atoms with Crippen molar-refractivity contribution in [3.05, 3.63) is 29.4 Å². The Morgan fingerprint density at radius 3 is 2.92 bits per heavy atom. The van der Waals surface area contributed by atoms with E-state index in [1.54, 1.807) is 11.0 Å². The van der Waals surface area contributed by atoms with Gasteiger partial charge in [0.1, 0.15) is 4.90 Å². The number of hydrogen-bond donors (Lipinski definition) is 1. The molecule has 0 saturated carbocycles. The summed E-state index contributed by atoms with van der Waals surface area (Å²) in [6.07, 6.45) is 5.56. The molecule has 1 atom stereocenters. The van der Waals surface area contributed by atoms with E-state index >= 15 is 0 Å². The lowest BCUT2D eigenvalue weighted by Gasteiger charge is -2.34. The minimum Gasteiger partial charge on any atom is -0.351 e. The fraction of sp³-hybridized carbons (Fsp3) is 0.533. The highest BCUT2D eigenvalue weighted by molar-refractivity contribution is 7.90. The maximum Gasteiger partial charge on any atom is 0.293 e. The average molecular weight is 352 g/mol. The first-order valence-electron chi connectivity index (χ1n) is 7.91. The van der Waals surface area contributed by atoms with Gasteiger partial charge >= 0.3 is 0 Å². The fourth-order valence-corrected chi connectivity index (χ4v) is 3.84. The van der Waals surface area contributed by atoms with Gasteiger partial charge in [-0.05, 0) is 25.7 Å². The van der Waals surface area contributed by atoms with Gasteiger partial charge in [0, 0.05) is 18.9 Å². The van der Waals surface area contributed by atoms with Gasteiger partial charge in [-0.3, -0.25) is 9.89 Å². The summed E-state index contributed by atoms with van der Waals surface area (Å²) in [4.78, 5) is 14.6. The number of nitrogens with one attached hydrogen (secondary N) is 1. The summed E-state index contributed by atoms with van der Waals surface area (Å²) >= 11 is 0. The molecule has 1 amide bonds. The Balaban J connectivity index is 1.94. The van der Waals surface area contributed by atoms with Gasteiger partial charge in [0.05, 0.1) is 23.6 Å². The molecule has 24 heavy (non-hydrogen) atoms. The van der Waals surface area contributed by atoms with Crippen LogP contribution in [0, 0.1) is 0 Å². The number of likely N-dealkylation sites (tertiary alicyclic amines) is 1. The highest BCUT2D eigenvalue weighted by atomic mass is 32.2. The van der Waals surface area contributed by atoms with Crippen LogP contribution in [0.4, 0.5) is 0 Å². The lowest BCUT2D eigenvalue weighted by Crippen LogP contribution is -2.39. The van der Waals surface area contributed by atoms with Crippen LogP contribution in [0.15, 0.2) is 21.7 Å². The van der Waals surface area contributed by atoms with Crippen molar-refractivity contribution < 1.29 is 17.7 Å². The number of sulfone groups is 1. The zero-order chi connectivity index (χ0) is 17.3. The standard InChI is InChI=1S/C15H20N4O4S/c1-3-10-8-12(23-18-10)15(20)19-7-5-4-6-11(19)14-13(9-16-17-14)24(2,21)22/h8-9,11H,3-7H2,1-2H3,(H,16,17)/t11-/m0/s1. The molecule has 3 rings (SSSR count). The molecule has 1 fully saturated rings. The smallest absolute Gasteiger partial charge is 0.293 e. The zero-order valence-corrected chi connectivity index (χ0v) is 14.5. The first kappa shape index (κ1) is 16.7. The number of nitrogens with zero attached hydrogens (tertiary/aromatic N) is 3. The third-order valence-corrected chi connectivity index (χ3v) is 5.38. The molecule has 8 nitrogen and oxygen atoms in total. The molecule has 1 aliphatic rings. The molecule has 3 heterocycles. The molecule has 2 aromatic heterocycles. The number of hydrogen-bond acceptors (Lipinski definition) is 6. The number of carbonyl (C=O) groups excluding carboxylic acids is 1. The highest BCUT2D eigenvalue weighted by Crippen LogP contribution is 2.34. The second-order valence-corrected chi connectivity index (χ2v) is 7.95. The van der Waals surface area contributed by atoms with E-state index in [1.807, 2.05) is 6.92 Å². The highest BCUT2D eigenvalue weighted by Gasteiger charge is 2.34. The number of amides is 1. The van der Waals surface area contributed by atoms with Crippen LogP contribution in [0.5, 0.6) is 0 Å². The first-order chi connectivity index (χ1) is 11.4. The summed E-state index contributed by atoms with van der Waals surface area (Å²) in [5.74, 6) is -0.0971. The van der Waals surface area contributed by atoms with E-state index in [0.717, 1.165) is 19.1 Å². The Kier molecular flexibility index (Phi) is 4.44. The molecule has 9 heteroatoms. The minimum absolute atomic E-state index is 0.138. The van der Waals surface area contributed by atoms with Crippen LogP contribution in [0.3, 0.4) is 0 Å². The largest absolute Gasteiger partial charge is 0.351 e. The van der Waals surface area contributed by atoms with Crippen LogP contribution >= 0.6 is 0 Å². The molecule has 1 N–H and O–H groups in total. The van der Waals surface area contributed by atoms with Gasteiger partial charge < -0.3 is 9.42 Å². The summed E-state index contributed by atoms with van der Waals surface area (Å²) in [7, 11) is -3.42. The molecule has 0 radical (unpaired) electrons. The topological polar surface area (TPSA) is 109 Å². The van der Waals surface area contributed by atoms with Crippen LogP contribution in [-0.4, -0.2) is 47.4 Å². The van der Waals surface area contributed by atoms with E-state index < -0.39 is 9.84 Å². The van der Waals surface area contributed by atoms with E-state index in [-0.39, 0.29) is 22.6 Å². The minimum atomic E-state index is -3.42. The van der Waals surface area contributed by atoms with Gasteiger partial charge in [0.25, 0.3) is 5.91 Å². The SMILES string of the molecule is CCc1cc(C(=O)N2CCCC[C@H]2c2[nH]ncc2S(C)(=O)=O)on1. The predicted octanol–water partition coefficient (Wildman–Crippen LogP) is 1.73. The molecule has 0 unspecified atom stereocenters. The van der Waals surface area contributed by atoms with E-state index in [0.29, 0.717) is 30.8 Å². The van der Waals surface area contributed by atoms with Crippen molar-refractivity contribution in [3.8, 4) is 0 Å². The van der Waals surface area contributed by atoms with E-state index in [2.05, 4.69) is 15.4 Å². The summed E-state index contributed by atoms with van der Waals surface area (Å²) in [6.45, 7) is 2.46. The summed E-state index contributed by atoms with van der Waals surface area (Å²) in [6, 6.07) is 1.27. The lowest BCUT2D eigenvalue weighted by molar-refractivity contribution is 0.0560. The Morgan fingerprint density at radius 1 is 1.46 bits per heavy atom. The van der Waals surface area contributed by atoms with Crippen molar-refractivity contribution in [3.63, 3.8) is 0 Å². The van der Waals surface area contributed by atoms with Crippen LogP contribution < -0.4 is 0 Å². The maximum atomic E-state index is 12.8. The number of carbonyl (C=O) groups is 1. The van der Waals surface area contributed by atoms with Crippen molar-refractivity contribution in [1.82, 2.24) is 20.3 Å². The van der Waals surface area contributed by atoms with Crippen molar-refractivity contribution in [2.75, 3.05) is 12.8 Å². The summed E-state index contributed by atoms with van der Waals surface area (Å²) in [5.41, 5.74) is 1.17. The van der Waals surface area contributed by atoms with E-state index in [1.165, 1.54) is 6.20 Å². The molecule has 0 bridgehead atoms. The van der Waals surface area contributed by atoms with Crippen molar-refractivity contribution in [2.45, 2.75) is 43.5 Å². The average Bonchev–Trinajstić information content (AvgIpc) is 3.22. The van der Waals surface area contributed by atoms with E-state index in [9.17, 15) is 13.2 Å². The van der Waals surface area contributed by atoms with Crippen LogP contribution in [0.1, 0.15) is 54.2 Å². The quantitative estimate of drug-likeness (QED) is 0.897. The second kappa shape index (κ2) is 6.39. The fourth-order valence-electron chi connectivity index (χ4n) is 3.01. The maximum absolute atomic E-state index is 12.8. The molecular formula is C15H20N4O4S. The van der Waals surface area contributed by atoms with Crippen molar-refractivity contribution in [2.24, 2.45) is 0 Å². The molecule has 1 aliphatic heterocycles. The number of aryl methyl sites for hydroxylation is 1. The number of H-pyrrole nitrogens is 1. The van der Waals surface area contributed by atoms with Gasteiger partial charge in [0.15, 0.2) is 9.84 Å². The van der Waals surface area contributed by atoms with Crippen LogP contribution in [0.25, 0.3) is 0 Å². The van der Waals surface area contributed by atoms with Gasteiger partial charge in [-0.15, -0.1) is 0 Å². The predicted molar refractivity (Wildman–Crippen MR) is 85.2 cm³/mol. The van der Waals surface area contributed by atoms with Crippen LogP contribution in [0.2, 0.25) is 0 Å². The molecule has 1 saturated heterocycles. The van der Waals surface area contributed by atoms with Gasteiger partial charge in [-0.2, -0.15) is 5.10 Å². The lowest BCUT2D eigenvalue weighted by atomic mass is 9.99. The molecule has 2 aromatic rings. The van der Waals surface area contributed by atoms with Crippen molar-refractivity contribution >= 4 is 15.7 Å². The molecule has 0 aliphatic carbocycles. The first-order valence-corrected chi connectivity index (χ1v) is 9.80. The molecule has 130 valence electrons. The third kappa shape index (κ3) is 3.08. The van der Waals surface area contributed by atoms with Crippen LogP contribution in [-0.2, 0) is 16.3 Å². The molecular weight excluding hydrogens is 332 g/mol. The van der Waals surface area contributed by atoms with E-state index in [4.69, 9.17) is 4.52 Å². The number of piperidine rings is 1. The Hall–Kier alpha value is -2.16. The third-order valence-electron chi connectivity index (χ3n) is 4.26. The van der Waals surface area contributed by atoms with Gasteiger partial charge in [-0.25, -0.2) is 8.42 Å². The summed E-state index contributed by atoms with van der Waals surface area (Å²) < 4.78 is 29.1. The Bertz CT molecular complexity index is 839. The van der Waals surface area contributed by atoms with Crippen molar-refractivity contribution in [1.29, 1.82) is 0 Å². The molecule has 0 spiro atoms. The van der Waals surface area contributed by atoms with Gasteiger partial charge in [-0.1, -0.05) is 12.1 Å². The monoisotopic (exact) mass is 352 g/mol. The molecule has 0 aromatic carbocycles.